The van der Waals surface area contributed by atoms with Crippen LogP contribution in [0, 0.1) is 5.82 Å². The van der Waals surface area contributed by atoms with Gasteiger partial charge in [-0.25, -0.2) is 4.39 Å². The number of nitrogens with zero attached hydrogens (tertiary/aromatic N) is 1. The summed E-state index contributed by atoms with van der Waals surface area (Å²) in [6.45, 7) is 2.22. The van der Waals surface area contributed by atoms with Crippen LogP contribution in [-0.4, -0.2) is 24.5 Å². The Morgan fingerprint density at radius 3 is 2.30 bits per heavy atom. The van der Waals surface area contributed by atoms with Gasteiger partial charge < -0.3 is 10.0 Å². The molecule has 118 valence electrons. The summed E-state index contributed by atoms with van der Waals surface area (Å²) in [7, 11) is 0. The van der Waals surface area contributed by atoms with Gasteiger partial charge in [0.15, 0.2) is 17.9 Å². The molecular formula is C19H18FNO2. The molecule has 0 unspecified atom stereocenters. The van der Waals surface area contributed by atoms with Crippen molar-refractivity contribution in [2.75, 3.05) is 18.0 Å². The second kappa shape index (κ2) is 6.65. The number of rotatable bonds is 4. The van der Waals surface area contributed by atoms with Crippen LogP contribution in [0.25, 0.3) is 12.2 Å². The minimum absolute atomic E-state index is 0.0472. The van der Waals surface area contributed by atoms with Crippen LogP contribution in [0.15, 0.2) is 36.4 Å². The third-order valence-electron chi connectivity index (χ3n) is 4.07. The van der Waals surface area contributed by atoms with Crippen LogP contribution in [0.3, 0.4) is 0 Å². The van der Waals surface area contributed by atoms with Crippen LogP contribution in [-0.2, 0) is 0 Å². The number of carbonyl (C=O) groups is 1. The number of hydrogen-bond acceptors (Lipinski definition) is 3. The first-order valence-electron chi connectivity index (χ1n) is 7.68. The lowest BCUT2D eigenvalue weighted by Gasteiger charge is -2.17. The van der Waals surface area contributed by atoms with Crippen LogP contribution in [0.4, 0.5) is 10.1 Å². The molecule has 3 rings (SSSR count). The standard InChI is InChI=1S/C19H18FNO2/c20-18-12-15(11-16(13-22)19(18)23)4-3-14-5-7-17(8-6-14)21-9-1-2-10-21/h3-8,11-13,23H,1-2,9-10H2/b4-3+. The van der Waals surface area contributed by atoms with E-state index < -0.39 is 11.6 Å². The number of phenols is 1. The predicted molar refractivity (Wildman–Crippen MR) is 90.3 cm³/mol. The summed E-state index contributed by atoms with van der Waals surface area (Å²) in [4.78, 5) is 13.2. The van der Waals surface area contributed by atoms with E-state index >= 15 is 0 Å². The first kappa shape index (κ1) is 15.3. The van der Waals surface area contributed by atoms with Gasteiger partial charge in [-0.05, 0) is 48.2 Å². The quantitative estimate of drug-likeness (QED) is 0.682. The van der Waals surface area contributed by atoms with E-state index in [4.69, 9.17) is 0 Å². The number of phenolic OH excluding ortho intramolecular Hbond substituents is 1. The number of hydrogen-bond donors (Lipinski definition) is 1. The molecule has 23 heavy (non-hydrogen) atoms. The molecule has 3 nitrogen and oxygen atoms in total. The zero-order chi connectivity index (χ0) is 16.2. The Kier molecular flexibility index (Phi) is 4.42. The van der Waals surface area contributed by atoms with Gasteiger partial charge in [-0.1, -0.05) is 24.3 Å². The van der Waals surface area contributed by atoms with Crippen molar-refractivity contribution in [2.24, 2.45) is 0 Å². The number of aldehydes is 1. The van der Waals surface area contributed by atoms with Crippen LogP contribution in [0.2, 0.25) is 0 Å². The number of carbonyl (C=O) groups excluding carboxylic acids is 1. The number of halogens is 1. The molecule has 1 N–H and O–H groups in total. The lowest BCUT2D eigenvalue weighted by molar-refractivity contribution is 0.112. The van der Waals surface area contributed by atoms with Crippen molar-refractivity contribution in [3.05, 3.63) is 58.9 Å². The summed E-state index contributed by atoms with van der Waals surface area (Å²) in [5.41, 5.74) is 2.70. The van der Waals surface area contributed by atoms with Gasteiger partial charge in [0.05, 0.1) is 5.56 Å². The van der Waals surface area contributed by atoms with E-state index in [0.717, 1.165) is 18.7 Å². The molecule has 0 atom stereocenters. The van der Waals surface area contributed by atoms with Crippen molar-refractivity contribution in [2.45, 2.75) is 12.8 Å². The predicted octanol–water partition coefficient (Wildman–Crippen LogP) is 4.11. The molecule has 0 aliphatic carbocycles. The smallest absolute Gasteiger partial charge is 0.166 e. The minimum Gasteiger partial charge on any atom is -0.504 e. The van der Waals surface area contributed by atoms with E-state index in [0.29, 0.717) is 11.8 Å². The molecule has 1 saturated heterocycles. The molecule has 0 amide bonds. The second-order valence-electron chi connectivity index (χ2n) is 5.68. The molecule has 0 saturated carbocycles. The van der Waals surface area contributed by atoms with Gasteiger partial charge in [0.1, 0.15) is 0 Å². The van der Waals surface area contributed by atoms with Crippen molar-refractivity contribution in [3.63, 3.8) is 0 Å². The normalized spacial score (nSPS) is 14.6. The Hall–Kier alpha value is -2.62. The highest BCUT2D eigenvalue weighted by atomic mass is 19.1. The molecule has 1 aliphatic rings. The Morgan fingerprint density at radius 2 is 1.65 bits per heavy atom. The van der Waals surface area contributed by atoms with Gasteiger partial charge in [-0.15, -0.1) is 0 Å². The largest absolute Gasteiger partial charge is 0.504 e. The molecule has 1 heterocycles. The van der Waals surface area contributed by atoms with Gasteiger partial charge in [0.2, 0.25) is 0 Å². The molecule has 1 fully saturated rings. The maximum absolute atomic E-state index is 13.5. The van der Waals surface area contributed by atoms with Gasteiger partial charge >= 0.3 is 0 Å². The molecule has 0 aromatic heterocycles. The van der Waals surface area contributed by atoms with Crippen molar-refractivity contribution < 1.29 is 14.3 Å². The lowest BCUT2D eigenvalue weighted by atomic mass is 10.1. The van der Waals surface area contributed by atoms with Crippen molar-refractivity contribution in [1.29, 1.82) is 0 Å². The highest BCUT2D eigenvalue weighted by molar-refractivity contribution is 5.82. The molecule has 2 aromatic rings. The Labute approximate surface area is 134 Å². The van der Waals surface area contributed by atoms with E-state index in [-0.39, 0.29) is 5.56 Å². The van der Waals surface area contributed by atoms with E-state index in [1.54, 1.807) is 6.08 Å². The molecule has 0 radical (unpaired) electrons. The van der Waals surface area contributed by atoms with Gasteiger partial charge in [0.25, 0.3) is 0 Å². The fraction of sp³-hybridized carbons (Fsp3) is 0.211. The number of benzene rings is 2. The SMILES string of the molecule is O=Cc1cc(/C=C/c2ccc(N3CCCC3)cc2)cc(F)c1O. The Balaban J connectivity index is 1.77. The zero-order valence-corrected chi connectivity index (χ0v) is 12.7. The summed E-state index contributed by atoms with van der Waals surface area (Å²) in [5.74, 6) is -1.40. The van der Waals surface area contributed by atoms with E-state index in [2.05, 4.69) is 17.0 Å². The fourth-order valence-electron chi connectivity index (χ4n) is 2.79. The molecule has 2 aromatic carbocycles. The topological polar surface area (TPSA) is 40.5 Å². The highest BCUT2D eigenvalue weighted by Crippen LogP contribution is 2.24. The van der Waals surface area contributed by atoms with Crippen molar-refractivity contribution in [1.82, 2.24) is 0 Å². The van der Waals surface area contributed by atoms with E-state index in [1.165, 1.54) is 30.7 Å². The summed E-state index contributed by atoms with van der Waals surface area (Å²) in [6.07, 6.45) is 6.51. The highest BCUT2D eigenvalue weighted by Gasteiger charge is 2.11. The number of anilines is 1. The van der Waals surface area contributed by atoms with Gasteiger partial charge in [-0.3, -0.25) is 4.79 Å². The molecule has 4 heteroatoms. The van der Waals surface area contributed by atoms with Crippen LogP contribution in [0.1, 0.15) is 34.3 Å². The monoisotopic (exact) mass is 311 g/mol. The third kappa shape index (κ3) is 3.42. The molecule has 0 spiro atoms. The second-order valence-corrected chi connectivity index (χ2v) is 5.68. The summed E-state index contributed by atoms with van der Waals surface area (Å²) >= 11 is 0. The fourth-order valence-corrected chi connectivity index (χ4v) is 2.79. The number of aromatic hydroxyl groups is 1. The van der Waals surface area contributed by atoms with Crippen molar-refractivity contribution >= 4 is 24.1 Å². The van der Waals surface area contributed by atoms with Gasteiger partial charge in [0, 0.05) is 18.8 Å². The van der Waals surface area contributed by atoms with Gasteiger partial charge in [-0.2, -0.15) is 0 Å². The van der Waals surface area contributed by atoms with Crippen LogP contribution >= 0.6 is 0 Å². The maximum atomic E-state index is 13.5. The first-order valence-corrected chi connectivity index (χ1v) is 7.68. The lowest BCUT2D eigenvalue weighted by Crippen LogP contribution is -2.17. The molecule has 0 bridgehead atoms. The van der Waals surface area contributed by atoms with Crippen LogP contribution in [0.5, 0.6) is 5.75 Å². The zero-order valence-electron chi connectivity index (χ0n) is 12.7. The Bertz CT molecular complexity index is 732. The summed E-state index contributed by atoms with van der Waals surface area (Å²) in [6, 6.07) is 10.9. The molecule has 1 aliphatic heterocycles. The van der Waals surface area contributed by atoms with E-state index in [1.807, 2.05) is 18.2 Å². The summed E-state index contributed by atoms with van der Waals surface area (Å²) < 4.78 is 13.5. The average molecular weight is 311 g/mol. The van der Waals surface area contributed by atoms with E-state index in [9.17, 15) is 14.3 Å². The first-order chi connectivity index (χ1) is 11.2. The minimum atomic E-state index is -0.793. The average Bonchev–Trinajstić information content (AvgIpc) is 3.11. The van der Waals surface area contributed by atoms with Crippen LogP contribution < -0.4 is 4.90 Å². The molecular weight excluding hydrogens is 293 g/mol. The summed E-state index contributed by atoms with van der Waals surface area (Å²) in [5, 5.41) is 9.41. The van der Waals surface area contributed by atoms with Crippen molar-refractivity contribution in [3.8, 4) is 5.75 Å². The Morgan fingerprint density at radius 1 is 1.00 bits per heavy atom. The maximum Gasteiger partial charge on any atom is 0.166 e. The third-order valence-corrected chi connectivity index (χ3v) is 4.07.